The summed E-state index contributed by atoms with van der Waals surface area (Å²) in [5.74, 6) is 0.372. The van der Waals surface area contributed by atoms with Gasteiger partial charge in [-0.2, -0.15) is 10.3 Å². The van der Waals surface area contributed by atoms with Crippen LogP contribution < -0.4 is 5.48 Å². The van der Waals surface area contributed by atoms with Crippen molar-refractivity contribution in [2.24, 2.45) is 4.99 Å². The van der Waals surface area contributed by atoms with Gasteiger partial charge in [0.2, 0.25) is 5.60 Å². The Morgan fingerprint density at radius 1 is 1.22 bits per heavy atom. The van der Waals surface area contributed by atoms with Crippen LogP contribution in [0.5, 0.6) is 0 Å². The van der Waals surface area contributed by atoms with Gasteiger partial charge in [-0.05, 0) is 50.0 Å². The van der Waals surface area contributed by atoms with Crippen molar-refractivity contribution < 1.29 is 9.57 Å². The van der Waals surface area contributed by atoms with Crippen molar-refractivity contribution in [3.8, 4) is 6.07 Å². The monoisotopic (exact) mass is 499 g/mol. The van der Waals surface area contributed by atoms with E-state index < -0.39 is 5.60 Å². The summed E-state index contributed by atoms with van der Waals surface area (Å²) < 4.78 is 5.67. The molecule has 3 aromatic rings. The molecule has 0 amide bonds. The van der Waals surface area contributed by atoms with E-state index in [2.05, 4.69) is 48.5 Å². The number of aromatic nitrogens is 1. The first-order valence-electron chi connectivity index (χ1n) is 12.1. The highest BCUT2D eigenvalue weighted by molar-refractivity contribution is 7.09. The molecule has 0 radical (unpaired) electrons. The van der Waals surface area contributed by atoms with Gasteiger partial charge in [-0.1, -0.05) is 42.5 Å². The van der Waals surface area contributed by atoms with Gasteiger partial charge in [0.15, 0.2) is 0 Å². The molecule has 0 spiro atoms. The third-order valence-corrected chi connectivity index (χ3v) is 7.72. The van der Waals surface area contributed by atoms with Crippen molar-refractivity contribution in [3.05, 3.63) is 87.4 Å². The zero-order valence-corrected chi connectivity index (χ0v) is 21.5. The summed E-state index contributed by atoms with van der Waals surface area (Å²) in [4.78, 5) is 17.7. The number of ether oxygens (including phenoxy) is 1. The number of thiazole rings is 1. The molecule has 1 unspecified atom stereocenters. The van der Waals surface area contributed by atoms with Crippen LogP contribution >= 0.6 is 11.3 Å². The van der Waals surface area contributed by atoms with E-state index in [9.17, 15) is 5.26 Å². The Labute approximate surface area is 215 Å². The maximum Gasteiger partial charge on any atom is 0.292 e. The minimum absolute atomic E-state index is 0.372. The molecule has 0 bridgehead atoms. The van der Waals surface area contributed by atoms with Crippen molar-refractivity contribution in [2.75, 3.05) is 20.2 Å². The van der Waals surface area contributed by atoms with Crippen LogP contribution in [0.1, 0.15) is 46.2 Å². The highest BCUT2D eigenvalue weighted by Gasteiger charge is 2.38. The molecule has 1 aromatic heterocycles. The van der Waals surface area contributed by atoms with Gasteiger partial charge in [0.1, 0.15) is 6.07 Å². The second kappa shape index (κ2) is 10.1. The van der Waals surface area contributed by atoms with E-state index in [1.807, 2.05) is 41.8 Å². The highest BCUT2D eigenvalue weighted by atomic mass is 32.1. The molecule has 2 aliphatic rings. The van der Waals surface area contributed by atoms with E-state index in [1.165, 1.54) is 5.56 Å². The summed E-state index contributed by atoms with van der Waals surface area (Å²) in [5, 5.41) is 13.0. The molecular formula is C28H29N5O2S. The molecule has 5 rings (SSSR count). The van der Waals surface area contributed by atoms with Gasteiger partial charge in [0.25, 0.3) is 6.02 Å². The van der Waals surface area contributed by atoms with Gasteiger partial charge < -0.3 is 9.64 Å². The average Bonchev–Trinajstić information content (AvgIpc) is 3.58. The number of methoxy groups -OCH3 is 1. The summed E-state index contributed by atoms with van der Waals surface area (Å²) in [7, 11) is 1.68. The molecule has 7 nitrogen and oxygen atoms in total. The van der Waals surface area contributed by atoms with Crippen LogP contribution in [0.25, 0.3) is 5.70 Å². The van der Waals surface area contributed by atoms with E-state index >= 15 is 0 Å². The standard InChI is InChI=1S/C28H29N5O2S/c1-19-9-10-20(2)23(15-19)31-27(34-3)33-13-11-21(12-14-33)26-30-25(17-36-26)24-16-28(18-29,35-32-24)22-7-5-4-6-8-22/h4-10,15-17,21,32H,11-14H2,1-3H3. The van der Waals surface area contributed by atoms with Gasteiger partial charge in [-0.3, -0.25) is 5.48 Å². The van der Waals surface area contributed by atoms with Crippen LogP contribution in [0.3, 0.4) is 0 Å². The minimum Gasteiger partial charge on any atom is -0.468 e. The van der Waals surface area contributed by atoms with Crippen LogP contribution in [0.4, 0.5) is 5.69 Å². The topological polar surface area (TPSA) is 82.8 Å². The molecule has 1 saturated heterocycles. The minimum atomic E-state index is -1.16. The van der Waals surface area contributed by atoms with E-state index in [-0.39, 0.29) is 0 Å². The number of hydrogen-bond donors (Lipinski definition) is 1. The number of nitrogens with zero attached hydrogens (tertiary/aromatic N) is 4. The van der Waals surface area contributed by atoms with Crippen LogP contribution in [-0.4, -0.2) is 36.1 Å². The third-order valence-electron chi connectivity index (χ3n) is 6.71. The lowest BCUT2D eigenvalue weighted by molar-refractivity contribution is 0.000991. The number of likely N-dealkylation sites (tertiary alicyclic amines) is 1. The molecule has 2 aliphatic heterocycles. The molecule has 2 aromatic carbocycles. The summed E-state index contributed by atoms with van der Waals surface area (Å²) >= 11 is 1.66. The van der Waals surface area contributed by atoms with Crippen LogP contribution in [0, 0.1) is 25.2 Å². The van der Waals surface area contributed by atoms with Gasteiger partial charge in [0, 0.05) is 30.0 Å². The molecule has 8 heteroatoms. The molecule has 1 N–H and O–H groups in total. The molecule has 0 aliphatic carbocycles. The Hall–Kier alpha value is -3.67. The number of benzene rings is 2. The molecule has 1 fully saturated rings. The van der Waals surface area contributed by atoms with Crippen molar-refractivity contribution >= 4 is 28.7 Å². The lowest BCUT2D eigenvalue weighted by Gasteiger charge is -2.32. The largest absolute Gasteiger partial charge is 0.468 e. The summed E-state index contributed by atoms with van der Waals surface area (Å²) in [6, 6.07) is 18.7. The number of nitriles is 1. The van der Waals surface area contributed by atoms with E-state index in [0.29, 0.717) is 11.9 Å². The van der Waals surface area contributed by atoms with Crippen molar-refractivity contribution in [1.29, 1.82) is 5.26 Å². The molecule has 1 atom stereocenters. The van der Waals surface area contributed by atoms with Gasteiger partial charge >= 0.3 is 0 Å². The Bertz CT molecular complexity index is 1340. The van der Waals surface area contributed by atoms with Gasteiger partial charge in [0.05, 0.1) is 29.2 Å². The third kappa shape index (κ3) is 4.72. The van der Waals surface area contributed by atoms with E-state index in [0.717, 1.165) is 59.1 Å². The summed E-state index contributed by atoms with van der Waals surface area (Å²) in [5.41, 5.74) is 7.35. The fourth-order valence-corrected chi connectivity index (χ4v) is 5.57. The lowest BCUT2D eigenvalue weighted by atomic mass is 9.94. The van der Waals surface area contributed by atoms with Crippen LogP contribution in [-0.2, 0) is 15.2 Å². The van der Waals surface area contributed by atoms with E-state index in [4.69, 9.17) is 19.6 Å². The number of rotatable bonds is 4. The van der Waals surface area contributed by atoms with Crippen LogP contribution in [0.15, 0.2) is 65.0 Å². The van der Waals surface area contributed by atoms with Gasteiger partial charge in [-0.25, -0.2) is 9.82 Å². The maximum absolute atomic E-state index is 9.85. The number of aryl methyl sites for hydroxylation is 2. The SMILES string of the molecule is COC(=Nc1cc(C)ccc1C)N1CCC(c2nc(C3=CC(C#N)(c4ccccc4)ON3)cs2)CC1. The van der Waals surface area contributed by atoms with Crippen LogP contribution in [0.2, 0.25) is 0 Å². The predicted molar refractivity (Wildman–Crippen MR) is 142 cm³/mol. The Morgan fingerprint density at radius 3 is 2.72 bits per heavy atom. The Morgan fingerprint density at radius 2 is 2.00 bits per heavy atom. The number of nitrogens with one attached hydrogen (secondary N) is 1. The first-order chi connectivity index (χ1) is 17.5. The van der Waals surface area contributed by atoms with Crippen molar-refractivity contribution in [3.63, 3.8) is 0 Å². The fraction of sp³-hybridized carbons (Fsp3) is 0.321. The Balaban J connectivity index is 1.27. The number of hydrogen-bond acceptors (Lipinski definition) is 7. The fourth-order valence-electron chi connectivity index (χ4n) is 4.58. The molecule has 0 saturated carbocycles. The quantitative estimate of drug-likeness (QED) is 0.373. The maximum atomic E-state index is 9.85. The normalized spacial score (nSPS) is 20.6. The first-order valence-corrected chi connectivity index (χ1v) is 12.9. The second-order valence-corrected chi connectivity index (χ2v) is 10.1. The molecule has 184 valence electrons. The van der Waals surface area contributed by atoms with Crippen molar-refractivity contribution in [2.45, 2.75) is 38.2 Å². The average molecular weight is 500 g/mol. The lowest BCUT2D eigenvalue weighted by Crippen LogP contribution is -2.38. The predicted octanol–water partition coefficient (Wildman–Crippen LogP) is 5.57. The molecular weight excluding hydrogens is 470 g/mol. The van der Waals surface area contributed by atoms with Gasteiger partial charge in [-0.15, -0.1) is 11.3 Å². The highest BCUT2D eigenvalue weighted by Crippen LogP contribution is 2.37. The number of aliphatic imine (C=N–C) groups is 1. The number of amidine groups is 1. The molecule has 36 heavy (non-hydrogen) atoms. The number of piperidine rings is 1. The summed E-state index contributed by atoms with van der Waals surface area (Å²) in [6.45, 7) is 5.85. The zero-order valence-electron chi connectivity index (χ0n) is 20.7. The Kier molecular flexibility index (Phi) is 6.77. The first kappa shape index (κ1) is 24.0. The summed E-state index contributed by atoms with van der Waals surface area (Å²) in [6.07, 6.45) is 3.76. The zero-order chi connectivity index (χ0) is 25.1. The van der Waals surface area contributed by atoms with Crippen molar-refractivity contribution in [1.82, 2.24) is 15.4 Å². The molecule has 3 heterocycles. The number of hydroxylamine groups is 1. The smallest absolute Gasteiger partial charge is 0.292 e. The van der Waals surface area contributed by atoms with E-state index in [1.54, 1.807) is 18.4 Å². The second-order valence-electron chi connectivity index (χ2n) is 9.20.